The Bertz CT molecular complexity index is 532. The Morgan fingerprint density at radius 2 is 1.67 bits per heavy atom. The molecule has 2 atom stereocenters. The zero-order valence-corrected chi connectivity index (χ0v) is 14.0. The number of rotatable bonds is 4. The fourth-order valence-electron chi connectivity index (χ4n) is 3.02. The third kappa shape index (κ3) is 3.87. The highest BCUT2D eigenvalue weighted by atomic mass is 19.4. The van der Waals surface area contributed by atoms with Crippen LogP contribution in [0.4, 0.5) is 26.3 Å². The van der Waals surface area contributed by atoms with Crippen LogP contribution in [0.25, 0.3) is 0 Å². The highest BCUT2D eigenvalue weighted by molar-refractivity contribution is 5.37. The van der Waals surface area contributed by atoms with E-state index < -0.39 is 29.4 Å². The van der Waals surface area contributed by atoms with Crippen molar-refractivity contribution in [3.8, 4) is 0 Å². The molecule has 1 aliphatic carbocycles. The number of halogens is 6. The average molecular weight is 356 g/mol. The molecular formula is C17H22F6O. The Balaban J connectivity index is 3.38. The van der Waals surface area contributed by atoms with Crippen molar-refractivity contribution in [3.63, 3.8) is 0 Å². The van der Waals surface area contributed by atoms with E-state index in [0.717, 1.165) is 17.2 Å². The highest BCUT2D eigenvalue weighted by Gasteiger charge is 2.72. The van der Waals surface area contributed by atoms with Crippen molar-refractivity contribution < 1.29 is 31.4 Å². The molecule has 7 heteroatoms. The van der Waals surface area contributed by atoms with Gasteiger partial charge in [-0.15, -0.1) is 0 Å². The summed E-state index contributed by atoms with van der Waals surface area (Å²) < 4.78 is 78.1. The number of hydrogen-bond acceptors (Lipinski definition) is 1. The lowest BCUT2D eigenvalue weighted by Crippen LogP contribution is -2.59. The van der Waals surface area contributed by atoms with Crippen LogP contribution in [-0.4, -0.2) is 23.1 Å². The van der Waals surface area contributed by atoms with Gasteiger partial charge in [0.15, 0.2) is 0 Å². The largest absolute Gasteiger partial charge is 0.430 e. The summed E-state index contributed by atoms with van der Waals surface area (Å²) in [5.41, 5.74) is -4.09. The summed E-state index contributed by atoms with van der Waals surface area (Å²) in [5.74, 6) is -1.11. The van der Waals surface area contributed by atoms with Crippen molar-refractivity contribution >= 4 is 0 Å². The first-order valence-corrected chi connectivity index (χ1v) is 7.67. The van der Waals surface area contributed by atoms with Crippen LogP contribution in [0.2, 0.25) is 0 Å². The molecule has 24 heavy (non-hydrogen) atoms. The van der Waals surface area contributed by atoms with E-state index in [1.54, 1.807) is 0 Å². The van der Waals surface area contributed by atoms with Crippen molar-refractivity contribution in [1.82, 2.24) is 0 Å². The van der Waals surface area contributed by atoms with Crippen LogP contribution in [0, 0.1) is 11.8 Å². The first kappa shape index (κ1) is 20.8. The normalized spacial score (nSPS) is 21.0. The first-order chi connectivity index (χ1) is 10.8. The van der Waals surface area contributed by atoms with Gasteiger partial charge in [0.05, 0.1) is 0 Å². The molecule has 1 unspecified atom stereocenters. The number of allylic oxidation sites excluding steroid dienone is 5. The fraction of sp³-hybridized carbons (Fsp3) is 0.647. The molecule has 0 saturated carbocycles. The molecule has 1 aliphatic rings. The van der Waals surface area contributed by atoms with Gasteiger partial charge in [-0.25, -0.2) is 0 Å². The van der Waals surface area contributed by atoms with Crippen molar-refractivity contribution in [3.05, 3.63) is 34.9 Å². The van der Waals surface area contributed by atoms with E-state index in [2.05, 4.69) is 0 Å². The minimum absolute atomic E-state index is 0.0416. The molecule has 0 saturated heterocycles. The second-order valence-electron chi connectivity index (χ2n) is 6.43. The van der Waals surface area contributed by atoms with Gasteiger partial charge in [-0.05, 0) is 44.1 Å². The van der Waals surface area contributed by atoms with Gasteiger partial charge in [-0.3, -0.25) is 0 Å². The molecule has 0 aromatic carbocycles. The van der Waals surface area contributed by atoms with Crippen molar-refractivity contribution in [1.29, 1.82) is 0 Å². The molecule has 138 valence electrons. The number of hydrogen-bond donors (Lipinski definition) is 1. The lowest BCUT2D eigenvalue weighted by Gasteiger charge is -2.38. The molecule has 0 spiro atoms. The van der Waals surface area contributed by atoms with Gasteiger partial charge in [-0.2, -0.15) is 26.3 Å². The Morgan fingerprint density at radius 3 is 2.00 bits per heavy atom. The van der Waals surface area contributed by atoms with E-state index in [9.17, 15) is 31.4 Å². The number of alkyl halides is 6. The minimum Gasteiger partial charge on any atom is -0.370 e. The summed E-state index contributed by atoms with van der Waals surface area (Å²) in [6.07, 6.45) is -6.92. The maximum Gasteiger partial charge on any atom is 0.430 e. The van der Waals surface area contributed by atoms with Crippen molar-refractivity contribution in [2.75, 3.05) is 0 Å². The average Bonchev–Trinajstić information content (AvgIpc) is 2.41. The first-order valence-electron chi connectivity index (χ1n) is 7.67. The van der Waals surface area contributed by atoms with Crippen molar-refractivity contribution in [2.24, 2.45) is 11.8 Å². The van der Waals surface area contributed by atoms with Crippen LogP contribution < -0.4 is 0 Å². The van der Waals surface area contributed by atoms with Crippen LogP contribution in [-0.2, 0) is 0 Å². The van der Waals surface area contributed by atoms with Gasteiger partial charge in [0.1, 0.15) is 0 Å². The van der Waals surface area contributed by atoms with E-state index in [-0.39, 0.29) is 12.3 Å². The van der Waals surface area contributed by atoms with E-state index in [0.29, 0.717) is 6.42 Å². The third-order valence-electron chi connectivity index (χ3n) is 4.24. The highest BCUT2D eigenvalue weighted by Crippen LogP contribution is 2.51. The predicted octanol–water partition coefficient (Wildman–Crippen LogP) is 5.73. The van der Waals surface area contributed by atoms with Crippen molar-refractivity contribution in [2.45, 2.75) is 58.5 Å². The summed E-state index contributed by atoms with van der Waals surface area (Å²) in [4.78, 5) is 0. The van der Waals surface area contributed by atoms with Gasteiger partial charge in [0.2, 0.25) is 0 Å². The van der Waals surface area contributed by atoms with E-state index >= 15 is 0 Å². The molecule has 1 rings (SSSR count). The molecule has 0 amide bonds. The molecule has 0 radical (unpaired) electrons. The molecule has 0 fully saturated rings. The van der Waals surface area contributed by atoms with Gasteiger partial charge in [0, 0.05) is 0 Å². The third-order valence-corrected chi connectivity index (χ3v) is 4.24. The second kappa shape index (κ2) is 6.94. The minimum atomic E-state index is -5.83. The van der Waals surface area contributed by atoms with Crippen LogP contribution in [0.3, 0.4) is 0 Å². The fourth-order valence-corrected chi connectivity index (χ4v) is 3.02. The zero-order valence-electron chi connectivity index (χ0n) is 14.0. The Kier molecular flexibility index (Phi) is 6.02. The summed E-state index contributed by atoms with van der Waals surface area (Å²) in [5, 5.41) is 9.55. The molecule has 1 N–H and O–H groups in total. The van der Waals surface area contributed by atoms with E-state index in [1.165, 1.54) is 13.0 Å². The molecule has 0 aromatic rings. The summed E-state index contributed by atoms with van der Waals surface area (Å²) >= 11 is 0. The summed E-state index contributed by atoms with van der Waals surface area (Å²) in [7, 11) is 0. The zero-order chi connectivity index (χ0) is 18.9. The van der Waals surface area contributed by atoms with Crippen LogP contribution in [0.15, 0.2) is 34.9 Å². The van der Waals surface area contributed by atoms with E-state index in [4.69, 9.17) is 0 Å². The Morgan fingerprint density at radius 1 is 1.17 bits per heavy atom. The van der Waals surface area contributed by atoms with Crippen LogP contribution >= 0.6 is 0 Å². The maximum atomic E-state index is 13.0. The van der Waals surface area contributed by atoms with Crippen LogP contribution in [0.5, 0.6) is 0 Å². The molecule has 0 bridgehead atoms. The molecular weight excluding hydrogens is 334 g/mol. The van der Waals surface area contributed by atoms with Gasteiger partial charge < -0.3 is 5.11 Å². The SMILES string of the molecule is CCC(C=C(C)C)C1=CC=C(C(O)(C(F)(F)F)C(F)(F)F)[C@H](C)C1. The smallest absolute Gasteiger partial charge is 0.370 e. The summed E-state index contributed by atoms with van der Waals surface area (Å²) in [6.45, 7) is 6.93. The standard InChI is InChI=1S/C17H22F6O/c1-5-12(8-10(2)3)13-6-7-14(11(4)9-13)15(24,16(18,19)20)17(21,22)23/h6-8,11-12,24H,5,9H2,1-4H3/t11-,12?/m1/s1. The lowest BCUT2D eigenvalue weighted by atomic mass is 9.75. The Labute approximate surface area is 137 Å². The molecule has 0 heterocycles. The van der Waals surface area contributed by atoms with Gasteiger partial charge in [-0.1, -0.05) is 43.2 Å². The summed E-state index contributed by atoms with van der Waals surface area (Å²) in [6, 6.07) is 0. The quantitative estimate of drug-likeness (QED) is 0.504. The topological polar surface area (TPSA) is 20.2 Å². The van der Waals surface area contributed by atoms with Gasteiger partial charge in [0.25, 0.3) is 5.60 Å². The van der Waals surface area contributed by atoms with Crippen LogP contribution in [0.1, 0.15) is 40.5 Å². The number of aliphatic hydroxyl groups is 1. The molecule has 0 aromatic heterocycles. The molecule has 1 nitrogen and oxygen atoms in total. The predicted molar refractivity (Wildman–Crippen MR) is 80.2 cm³/mol. The maximum absolute atomic E-state index is 13.0. The van der Waals surface area contributed by atoms with E-state index in [1.807, 2.05) is 26.8 Å². The second-order valence-corrected chi connectivity index (χ2v) is 6.43. The molecule has 0 aliphatic heterocycles. The lowest BCUT2D eigenvalue weighted by molar-refractivity contribution is -0.354. The van der Waals surface area contributed by atoms with Gasteiger partial charge >= 0.3 is 12.4 Å². The monoisotopic (exact) mass is 356 g/mol. The Hall–Kier alpha value is -1.24.